The molecule has 7 heteroatoms. The molecule has 0 unspecified atom stereocenters. The highest BCUT2D eigenvalue weighted by Crippen LogP contribution is 2.23. The molecule has 3 aromatic rings. The summed E-state index contributed by atoms with van der Waals surface area (Å²) >= 11 is 1.50. The van der Waals surface area contributed by atoms with Gasteiger partial charge in [0.2, 0.25) is 0 Å². The van der Waals surface area contributed by atoms with E-state index in [2.05, 4.69) is 19.9 Å². The zero-order valence-corrected chi connectivity index (χ0v) is 13.9. The van der Waals surface area contributed by atoms with E-state index in [4.69, 9.17) is 5.26 Å². The van der Waals surface area contributed by atoms with Crippen LogP contribution in [0.15, 0.2) is 34.6 Å². The highest BCUT2D eigenvalue weighted by atomic mass is 32.1. The number of H-pyrrole nitrogens is 1. The first-order valence-corrected chi connectivity index (χ1v) is 8.03. The molecule has 1 N–H and O–H groups in total. The number of nitriles is 1. The number of pyridine rings is 1. The summed E-state index contributed by atoms with van der Waals surface area (Å²) in [5, 5.41) is 11.7. The Hall–Kier alpha value is -3.11. The van der Waals surface area contributed by atoms with Crippen molar-refractivity contribution in [3.63, 3.8) is 0 Å². The minimum Gasteiger partial charge on any atom is -0.306 e. The summed E-state index contributed by atoms with van der Waals surface area (Å²) in [6, 6.07) is 7.54. The molecule has 0 spiro atoms. The van der Waals surface area contributed by atoms with Crippen molar-refractivity contribution in [2.45, 2.75) is 13.8 Å². The molecule has 0 aromatic carbocycles. The number of hydrogen-bond donors (Lipinski definition) is 1. The predicted octanol–water partition coefficient (Wildman–Crippen LogP) is 3.03. The highest BCUT2D eigenvalue weighted by Gasteiger charge is 2.09. The fraction of sp³-hybridized carbons (Fsp3) is 0.118. The van der Waals surface area contributed by atoms with E-state index in [-0.39, 0.29) is 5.56 Å². The molecule has 3 rings (SSSR count). The van der Waals surface area contributed by atoms with Crippen LogP contribution in [0, 0.1) is 18.3 Å². The molecular formula is C17H13N5OS. The van der Waals surface area contributed by atoms with Gasteiger partial charge < -0.3 is 4.98 Å². The topological polar surface area (TPSA) is 95.3 Å². The fourth-order valence-corrected chi connectivity index (χ4v) is 2.91. The van der Waals surface area contributed by atoms with E-state index in [1.807, 2.05) is 42.6 Å². The molecule has 0 radical (unpaired) electrons. The van der Waals surface area contributed by atoms with Gasteiger partial charge in [0.15, 0.2) is 0 Å². The average molecular weight is 335 g/mol. The second kappa shape index (κ2) is 6.56. The van der Waals surface area contributed by atoms with E-state index in [1.165, 1.54) is 11.3 Å². The maximum Gasteiger partial charge on any atom is 0.269 e. The summed E-state index contributed by atoms with van der Waals surface area (Å²) in [4.78, 5) is 27.6. The Kier molecular flexibility index (Phi) is 4.31. The fourth-order valence-electron chi connectivity index (χ4n) is 2.15. The molecule has 0 aliphatic heterocycles. The average Bonchev–Trinajstić information content (AvgIpc) is 3.04. The zero-order valence-electron chi connectivity index (χ0n) is 13.1. The Balaban J connectivity index is 1.94. The van der Waals surface area contributed by atoms with Crippen LogP contribution in [0.1, 0.15) is 29.7 Å². The number of nitrogens with one attached hydrogen (secondary N) is 1. The molecular weight excluding hydrogens is 322 g/mol. The summed E-state index contributed by atoms with van der Waals surface area (Å²) in [5.41, 5.74) is 2.37. The molecule has 0 atom stereocenters. The maximum atomic E-state index is 11.9. The van der Waals surface area contributed by atoms with E-state index in [9.17, 15) is 4.79 Å². The Labute approximate surface area is 142 Å². The molecule has 6 nitrogen and oxygen atoms in total. The lowest BCUT2D eigenvalue weighted by molar-refractivity contribution is 1.01. The van der Waals surface area contributed by atoms with E-state index in [0.29, 0.717) is 11.5 Å². The molecule has 0 amide bonds. The van der Waals surface area contributed by atoms with Gasteiger partial charge in [-0.2, -0.15) is 5.26 Å². The van der Waals surface area contributed by atoms with E-state index in [0.717, 1.165) is 22.0 Å². The van der Waals surface area contributed by atoms with Crippen LogP contribution in [0.25, 0.3) is 22.4 Å². The van der Waals surface area contributed by atoms with Crippen molar-refractivity contribution < 1.29 is 0 Å². The van der Waals surface area contributed by atoms with Crippen molar-refractivity contribution in [1.82, 2.24) is 19.9 Å². The highest BCUT2D eigenvalue weighted by molar-refractivity contribution is 7.13. The number of hydrogen-bond acceptors (Lipinski definition) is 6. The lowest BCUT2D eigenvalue weighted by Gasteiger charge is -2.02. The van der Waals surface area contributed by atoms with Crippen LogP contribution in [-0.4, -0.2) is 19.9 Å². The van der Waals surface area contributed by atoms with E-state index < -0.39 is 5.56 Å². The monoisotopic (exact) mass is 335 g/mol. The van der Waals surface area contributed by atoms with Crippen LogP contribution < -0.4 is 5.56 Å². The lowest BCUT2D eigenvalue weighted by Crippen LogP contribution is -2.16. The Morgan fingerprint density at radius 2 is 2.21 bits per heavy atom. The second-order valence-electron chi connectivity index (χ2n) is 5.11. The maximum absolute atomic E-state index is 11.9. The van der Waals surface area contributed by atoms with Crippen LogP contribution in [0.4, 0.5) is 0 Å². The predicted molar refractivity (Wildman–Crippen MR) is 93.2 cm³/mol. The van der Waals surface area contributed by atoms with Crippen molar-refractivity contribution in [2.24, 2.45) is 0 Å². The minimum absolute atomic E-state index is 0.0395. The third kappa shape index (κ3) is 3.14. The second-order valence-corrected chi connectivity index (χ2v) is 5.96. The first kappa shape index (κ1) is 15.8. The van der Waals surface area contributed by atoms with Gasteiger partial charge in [-0.15, -0.1) is 11.3 Å². The molecule has 0 saturated heterocycles. The van der Waals surface area contributed by atoms with Gasteiger partial charge in [-0.25, -0.2) is 9.97 Å². The minimum atomic E-state index is -0.430. The van der Waals surface area contributed by atoms with E-state index >= 15 is 0 Å². The lowest BCUT2D eigenvalue weighted by atomic mass is 10.2. The van der Waals surface area contributed by atoms with Crippen LogP contribution in [0.2, 0.25) is 0 Å². The van der Waals surface area contributed by atoms with Crippen LogP contribution in [0.3, 0.4) is 0 Å². The molecule has 0 aliphatic rings. The molecule has 24 heavy (non-hydrogen) atoms. The molecule has 3 heterocycles. The van der Waals surface area contributed by atoms with E-state index in [1.54, 1.807) is 13.1 Å². The smallest absolute Gasteiger partial charge is 0.269 e. The van der Waals surface area contributed by atoms with Crippen molar-refractivity contribution in [3.05, 3.63) is 62.9 Å². The Morgan fingerprint density at radius 3 is 2.88 bits per heavy atom. The number of nitrogens with zero attached hydrogens (tertiary/aromatic N) is 4. The molecule has 0 fully saturated rings. The first-order valence-electron chi connectivity index (χ1n) is 7.15. The first-order chi connectivity index (χ1) is 11.6. The van der Waals surface area contributed by atoms with Gasteiger partial charge >= 0.3 is 0 Å². The normalized spacial score (nSPS) is 11.3. The van der Waals surface area contributed by atoms with Crippen LogP contribution in [-0.2, 0) is 0 Å². The SMILES string of the molecule is C/C(=C/c1csc(-c2ccccn2)n1)c1nc(C)c(C#N)c(=O)[nH]1. The number of aryl methyl sites for hydroxylation is 1. The summed E-state index contributed by atoms with van der Waals surface area (Å²) in [5.74, 6) is 0.434. The molecule has 118 valence electrons. The van der Waals surface area contributed by atoms with Gasteiger partial charge in [0, 0.05) is 11.6 Å². The number of thiazole rings is 1. The summed E-state index contributed by atoms with van der Waals surface area (Å²) < 4.78 is 0. The van der Waals surface area contributed by atoms with Gasteiger partial charge in [-0.1, -0.05) is 6.07 Å². The third-order valence-electron chi connectivity index (χ3n) is 3.36. The number of aromatic amines is 1. The van der Waals surface area contributed by atoms with Gasteiger partial charge in [0.25, 0.3) is 5.56 Å². The van der Waals surface area contributed by atoms with Gasteiger partial charge in [0.05, 0.1) is 17.1 Å². The number of aromatic nitrogens is 4. The standard InChI is InChI=1S/C17H13N5OS/c1-10(15-20-11(2)13(8-18)16(23)22-15)7-12-9-24-17(21-12)14-5-3-4-6-19-14/h3-7,9H,1-2H3,(H,20,22,23)/b10-7-. The van der Waals surface area contributed by atoms with Crippen LogP contribution in [0.5, 0.6) is 0 Å². The molecule has 3 aromatic heterocycles. The summed E-state index contributed by atoms with van der Waals surface area (Å²) in [7, 11) is 0. The van der Waals surface area contributed by atoms with Crippen molar-refractivity contribution in [2.75, 3.05) is 0 Å². The largest absolute Gasteiger partial charge is 0.306 e. The third-order valence-corrected chi connectivity index (χ3v) is 4.24. The van der Waals surface area contributed by atoms with Crippen molar-refractivity contribution >= 4 is 23.0 Å². The summed E-state index contributed by atoms with van der Waals surface area (Å²) in [6.45, 7) is 3.48. The molecule has 0 bridgehead atoms. The van der Waals surface area contributed by atoms with Crippen molar-refractivity contribution in [1.29, 1.82) is 5.26 Å². The number of rotatable bonds is 3. The Morgan fingerprint density at radius 1 is 1.38 bits per heavy atom. The molecule has 0 saturated carbocycles. The molecule has 0 aliphatic carbocycles. The summed E-state index contributed by atoms with van der Waals surface area (Å²) in [6.07, 6.45) is 3.57. The zero-order chi connectivity index (χ0) is 17.1. The quantitative estimate of drug-likeness (QED) is 0.794. The van der Waals surface area contributed by atoms with Crippen molar-refractivity contribution in [3.8, 4) is 16.8 Å². The Bertz CT molecular complexity index is 1010. The number of allylic oxidation sites excluding steroid dienone is 1. The van der Waals surface area contributed by atoms with Gasteiger partial charge in [-0.05, 0) is 37.6 Å². The van der Waals surface area contributed by atoms with Gasteiger partial charge in [-0.3, -0.25) is 9.78 Å². The van der Waals surface area contributed by atoms with Crippen LogP contribution >= 0.6 is 11.3 Å². The van der Waals surface area contributed by atoms with Gasteiger partial charge in [0.1, 0.15) is 22.5 Å².